The van der Waals surface area contributed by atoms with Crippen LogP contribution in [0.25, 0.3) is 0 Å². The van der Waals surface area contributed by atoms with Crippen LogP contribution in [0.5, 0.6) is 0 Å². The highest BCUT2D eigenvalue weighted by atomic mass is 79.9. The number of nitrogens with zero attached hydrogens (tertiary/aromatic N) is 1. The molecule has 14 heavy (non-hydrogen) atoms. The van der Waals surface area contributed by atoms with E-state index in [-0.39, 0.29) is 11.7 Å². The Kier molecular flexibility index (Phi) is 3.89. The first kappa shape index (κ1) is 11.5. The van der Waals surface area contributed by atoms with E-state index in [1.54, 1.807) is 13.0 Å². The molecule has 0 aliphatic heterocycles. The molecule has 0 radical (unpaired) electrons. The third-order valence-electron chi connectivity index (χ3n) is 1.70. The smallest absolute Gasteiger partial charge is 0.127 e. The molecule has 0 saturated heterocycles. The van der Waals surface area contributed by atoms with Gasteiger partial charge in [0.2, 0.25) is 0 Å². The monoisotopic (exact) mass is 278 g/mol. The van der Waals surface area contributed by atoms with Crippen molar-refractivity contribution >= 4 is 39.1 Å². The van der Waals surface area contributed by atoms with Crippen molar-refractivity contribution in [2.45, 2.75) is 6.92 Å². The van der Waals surface area contributed by atoms with E-state index in [1.807, 2.05) is 0 Å². The van der Waals surface area contributed by atoms with Crippen LogP contribution in [0.15, 0.2) is 21.6 Å². The molecule has 2 N–H and O–H groups in total. The average Bonchev–Trinajstić information content (AvgIpc) is 2.19. The average molecular weight is 280 g/mol. The molecule has 0 unspecified atom stereocenters. The summed E-state index contributed by atoms with van der Waals surface area (Å²) in [5.74, 6) is 0.182. The van der Waals surface area contributed by atoms with E-state index >= 15 is 0 Å². The van der Waals surface area contributed by atoms with E-state index in [0.29, 0.717) is 21.6 Å². The van der Waals surface area contributed by atoms with Gasteiger partial charge in [0, 0.05) is 10.0 Å². The van der Waals surface area contributed by atoms with Crippen LogP contribution < -0.4 is 5.73 Å². The minimum atomic E-state index is -0.278. The highest BCUT2D eigenvalue weighted by Gasteiger charge is 2.06. The molecular formula is C9H9BrClFN2. The molecular weight excluding hydrogens is 270 g/mol. The second-order valence-electron chi connectivity index (χ2n) is 2.74. The molecule has 1 aromatic carbocycles. The Morgan fingerprint density at radius 2 is 2.29 bits per heavy atom. The van der Waals surface area contributed by atoms with Crippen LogP contribution in [0.2, 0.25) is 0 Å². The van der Waals surface area contributed by atoms with Crippen molar-refractivity contribution in [3.05, 3.63) is 28.0 Å². The predicted octanol–water partition coefficient (Wildman–Crippen LogP) is 3.12. The largest absolute Gasteiger partial charge is 0.386 e. The van der Waals surface area contributed by atoms with Gasteiger partial charge in [-0.05, 0) is 35.0 Å². The molecule has 1 aromatic rings. The van der Waals surface area contributed by atoms with Crippen molar-refractivity contribution in [3.63, 3.8) is 0 Å². The Labute approximate surface area is 95.1 Å². The molecule has 0 atom stereocenters. The number of aliphatic imine (C=N–C) groups is 1. The summed E-state index contributed by atoms with van der Waals surface area (Å²) >= 11 is 8.72. The summed E-state index contributed by atoms with van der Waals surface area (Å²) < 4.78 is 13.6. The molecule has 2 nitrogen and oxygen atoms in total. The highest BCUT2D eigenvalue weighted by Crippen LogP contribution is 2.30. The maximum Gasteiger partial charge on any atom is 0.127 e. The summed E-state index contributed by atoms with van der Waals surface area (Å²) in [6.07, 6.45) is 0. The van der Waals surface area contributed by atoms with E-state index < -0.39 is 0 Å². The summed E-state index contributed by atoms with van der Waals surface area (Å²) in [7, 11) is 0. The van der Waals surface area contributed by atoms with Gasteiger partial charge in [0.15, 0.2) is 0 Å². The number of rotatable bonds is 2. The van der Waals surface area contributed by atoms with Gasteiger partial charge in [-0.15, -0.1) is 11.6 Å². The Hall–Kier alpha value is -0.610. The molecule has 76 valence electrons. The van der Waals surface area contributed by atoms with Crippen LogP contribution in [0.4, 0.5) is 10.1 Å². The molecule has 0 amide bonds. The minimum Gasteiger partial charge on any atom is -0.386 e. The van der Waals surface area contributed by atoms with Crippen LogP contribution in [0.1, 0.15) is 5.56 Å². The second-order valence-corrected chi connectivity index (χ2v) is 3.80. The molecule has 1 rings (SSSR count). The van der Waals surface area contributed by atoms with Crippen LogP contribution in [-0.4, -0.2) is 11.7 Å². The Morgan fingerprint density at radius 3 is 2.86 bits per heavy atom. The summed E-state index contributed by atoms with van der Waals surface area (Å²) in [6, 6.07) is 2.90. The van der Waals surface area contributed by atoms with Crippen LogP contribution in [-0.2, 0) is 0 Å². The van der Waals surface area contributed by atoms with Crippen molar-refractivity contribution in [2.24, 2.45) is 10.7 Å². The maximum atomic E-state index is 13.0. The molecule has 0 fully saturated rings. The van der Waals surface area contributed by atoms with Gasteiger partial charge < -0.3 is 5.73 Å². The third-order valence-corrected chi connectivity index (χ3v) is 2.98. The van der Waals surface area contributed by atoms with Crippen molar-refractivity contribution in [2.75, 3.05) is 5.88 Å². The topological polar surface area (TPSA) is 38.4 Å². The lowest BCUT2D eigenvalue weighted by Crippen LogP contribution is -2.12. The maximum absolute atomic E-state index is 13.0. The molecule has 0 heterocycles. The van der Waals surface area contributed by atoms with Gasteiger partial charge in [0.1, 0.15) is 11.7 Å². The van der Waals surface area contributed by atoms with E-state index in [9.17, 15) is 4.39 Å². The molecule has 0 spiro atoms. The first-order valence-electron chi connectivity index (χ1n) is 3.90. The van der Waals surface area contributed by atoms with Gasteiger partial charge in [-0.25, -0.2) is 9.38 Å². The summed E-state index contributed by atoms with van der Waals surface area (Å²) in [4.78, 5) is 4.03. The quantitative estimate of drug-likeness (QED) is 0.504. The number of hydrogen-bond donors (Lipinski definition) is 1. The highest BCUT2D eigenvalue weighted by molar-refractivity contribution is 9.10. The fourth-order valence-electron chi connectivity index (χ4n) is 0.918. The van der Waals surface area contributed by atoms with Crippen molar-refractivity contribution < 1.29 is 4.39 Å². The fourth-order valence-corrected chi connectivity index (χ4v) is 1.39. The van der Waals surface area contributed by atoms with Crippen LogP contribution >= 0.6 is 27.5 Å². The number of amidine groups is 1. The zero-order valence-corrected chi connectivity index (χ0v) is 9.86. The Bertz CT molecular complexity index is 379. The van der Waals surface area contributed by atoms with Gasteiger partial charge in [-0.3, -0.25) is 0 Å². The fraction of sp³-hybridized carbons (Fsp3) is 0.222. The summed E-state index contributed by atoms with van der Waals surface area (Å²) in [5, 5.41) is 0. The first-order chi connectivity index (χ1) is 6.56. The molecule has 0 aromatic heterocycles. The summed E-state index contributed by atoms with van der Waals surface area (Å²) in [5.41, 5.74) is 6.56. The number of alkyl halides is 1. The van der Waals surface area contributed by atoms with E-state index in [1.165, 1.54) is 6.07 Å². The van der Waals surface area contributed by atoms with Gasteiger partial charge in [-0.1, -0.05) is 0 Å². The minimum absolute atomic E-state index is 0.156. The van der Waals surface area contributed by atoms with Gasteiger partial charge in [-0.2, -0.15) is 0 Å². The molecule has 0 bridgehead atoms. The van der Waals surface area contributed by atoms with E-state index in [0.717, 1.165) is 0 Å². The zero-order valence-electron chi connectivity index (χ0n) is 7.52. The normalized spacial score (nSPS) is 11.9. The second kappa shape index (κ2) is 4.75. The first-order valence-corrected chi connectivity index (χ1v) is 5.22. The Balaban J connectivity index is 3.18. The summed E-state index contributed by atoms with van der Waals surface area (Å²) in [6.45, 7) is 1.66. The SMILES string of the molecule is Cc1c(F)ccc(N=C(N)CCl)c1Br. The lowest BCUT2D eigenvalue weighted by atomic mass is 10.2. The predicted molar refractivity (Wildman–Crippen MR) is 60.8 cm³/mol. The van der Waals surface area contributed by atoms with Gasteiger partial charge >= 0.3 is 0 Å². The number of benzene rings is 1. The van der Waals surface area contributed by atoms with Crippen LogP contribution in [0.3, 0.4) is 0 Å². The Morgan fingerprint density at radius 1 is 1.64 bits per heavy atom. The third kappa shape index (κ3) is 2.45. The van der Waals surface area contributed by atoms with Crippen molar-refractivity contribution in [1.29, 1.82) is 0 Å². The molecule has 0 aliphatic rings. The number of hydrogen-bond acceptors (Lipinski definition) is 1. The molecule has 0 saturated carbocycles. The van der Waals surface area contributed by atoms with Gasteiger partial charge in [0.25, 0.3) is 0 Å². The standard InChI is InChI=1S/C9H9BrClFN2/c1-5-6(12)2-3-7(9(5)10)14-8(13)4-11/h2-3H,4H2,1H3,(H2,13,14). The van der Waals surface area contributed by atoms with E-state index in [4.69, 9.17) is 17.3 Å². The molecule has 5 heteroatoms. The lowest BCUT2D eigenvalue weighted by Gasteiger charge is -2.04. The van der Waals surface area contributed by atoms with Crippen LogP contribution in [0, 0.1) is 12.7 Å². The lowest BCUT2D eigenvalue weighted by molar-refractivity contribution is 0.617. The number of nitrogens with two attached hydrogens (primary N) is 1. The number of halogens is 3. The van der Waals surface area contributed by atoms with Gasteiger partial charge in [0.05, 0.1) is 11.6 Å². The van der Waals surface area contributed by atoms with Crippen molar-refractivity contribution in [1.82, 2.24) is 0 Å². The van der Waals surface area contributed by atoms with E-state index in [2.05, 4.69) is 20.9 Å². The zero-order chi connectivity index (χ0) is 10.7. The van der Waals surface area contributed by atoms with Crippen molar-refractivity contribution in [3.8, 4) is 0 Å². The molecule has 0 aliphatic carbocycles.